The second-order valence-corrected chi connectivity index (χ2v) is 8.72. The van der Waals surface area contributed by atoms with Crippen LogP contribution in [0.4, 0.5) is 11.4 Å². The third kappa shape index (κ3) is 3.90. The van der Waals surface area contributed by atoms with Crippen molar-refractivity contribution in [1.82, 2.24) is 4.90 Å². The maximum atomic E-state index is 11.2. The molecule has 4 nitrogen and oxygen atoms in total. The summed E-state index contributed by atoms with van der Waals surface area (Å²) >= 11 is 9.36. The van der Waals surface area contributed by atoms with Gasteiger partial charge in [0.1, 0.15) is 0 Å². The van der Waals surface area contributed by atoms with Crippen LogP contribution in [0.3, 0.4) is 0 Å². The number of nitrogens with one attached hydrogen (secondary N) is 2. The highest BCUT2D eigenvalue weighted by molar-refractivity contribution is 7.80. The summed E-state index contributed by atoms with van der Waals surface area (Å²) < 4.78 is 0. The van der Waals surface area contributed by atoms with E-state index < -0.39 is 0 Å². The molecule has 3 heterocycles. The van der Waals surface area contributed by atoms with E-state index in [9.17, 15) is 4.79 Å². The van der Waals surface area contributed by atoms with Crippen LogP contribution in [0.1, 0.15) is 28.3 Å². The molecule has 138 valence electrons. The molecule has 2 N–H and O–H groups in total. The number of rotatable bonds is 3. The first-order valence-corrected chi connectivity index (χ1v) is 10.8. The average Bonchev–Trinajstić information content (AvgIpc) is 3.33. The van der Waals surface area contributed by atoms with E-state index in [2.05, 4.69) is 44.5 Å². The lowest BCUT2D eigenvalue weighted by molar-refractivity contribution is -0.114. The fourth-order valence-electron chi connectivity index (χ4n) is 3.32. The fraction of sp³-hybridized carbons (Fsp3) is 0.200. The molecule has 0 unspecified atom stereocenters. The number of hydrogen-bond acceptors (Lipinski definition) is 4. The van der Waals surface area contributed by atoms with Crippen LogP contribution < -0.4 is 10.6 Å². The minimum absolute atomic E-state index is 0.0788. The van der Waals surface area contributed by atoms with Crippen molar-refractivity contribution in [1.29, 1.82) is 0 Å². The highest BCUT2D eigenvalue weighted by Crippen LogP contribution is 2.39. The maximum Gasteiger partial charge on any atom is 0.221 e. The first-order valence-electron chi connectivity index (χ1n) is 8.67. The molecule has 3 aromatic rings. The number of carbonyl (C=O) groups is 1. The summed E-state index contributed by atoms with van der Waals surface area (Å²) in [5, 5.41) is 11.1. The molecule has 0 radical (unpaired) electrons. The number of benzene rings is 1. The zero-order valence-electron chi connectivity index (χ0n) is 14.8. The SMILES string of the molecule is CC(=O)Nc1ccc(NC(=S)N2CCc3sccc3[C@@H]2c2cccs2)cc1. The highest BCUT2D eigenvalue weighted by Gasteiger charge is 2.31. The molecule has 0 spiro atoms. The number of hydrogen-bond donors (Lipinski definition) is 2. The zero-order valence-corrected chi connectivity index (χ0v) is 17.2. The van der Waals surface area contributed by atoms with Gasteiger partial charge in [0, 0.05) is 34.6 Å². The summed E-state index contributed by atoms with van der Waals surface area (Å²) in [7, 11) is 0. The number of thiocarbonyl (C=S) groups is 1. The number of nitrogens with zero attached hydrogens (tertiary/aromatic N) is 1. The van der Waals surface area contributed by atoms with Crippen LogP contribution in [0.25, 0.3) is 0 Å². The molecule has 2 aromatic heterocycles. The van der Waals surface area contributed by atoms with Gasteiger partial charge in [-0.2, -0.15) is 0 Å². The van der Waals surface area contributed by atoms with Crippen LogP contribution in [0.2, 0.25) is 0 Å². The third-order valence-electron chi connectivity index (χ3n) is 4.50. The van der Waals surface area contributed by atoms with E-state index >= 15 is 0 Å². The smallest absolute Gasteiger partial charge is 0.221 e. The first-order chi connectivity index (χ1) is 13.1. The number of thiophene rings is 2. The van der Waals surface area contributed by atoms with Crippen molar-refractivity contribution in [3.05, 3.63) is 68.5 Å². The number of amides is 1. The molecule has 0 bridgehead atoms. The number of anilines is 2. The second kappa shape index (κ2) is 7.80. The van der Waals surface area contributed by atoms with Crippen molar-refractivity contribution < 1.29 is 4.79 Å². The lowest BCUT2D eigenvalue weighted by Crippen LogP contribution is -2.42. The summed E-state index contributed by atoms with van der Waals surface area (Å²) in [5.41, 5.74) is 3.05. The van der Waals surface area contributed by atoms with Crippen LogP contribution in [0, 0.1) is 0 Å². The molecule has 1 amide bonds. The van der Waals surface area contributed by atoms with Gasteiger partial charge in [-0.15, -0.1) is 22.7 Å². The van der Waals surface area contributed by atoms with Gasteiger partial charge in [-0.25, -0.2) is 0 Å². The molecule has 1 aliphatic rings. The summed E-state index contributed by atoms with van der Waals surface area (Å²) in [4.78, 5) is 16.2. The lowest BCUT2D eigenvalue weighted by atomic mass is 9.99. The summed E-state index contributed by atoms with van der Waals surface area (Å²) in [6.07, 6.45) is 1.01. The first kappa shape index (κ1) is 18.2. The standard InChI is InChI=1S/C20H19N3OS3/c1-13(24)21-14-4-6-15(7-5-14)22-20(25)23-10-8-17-16(9-12-27-17)19(23)18-3-2-11-26-18/h2-7,9,11-12,19H,8,10H2,1H3,(H,21,24)(H,22,25)/t19-/m1/s1. The molecule has 1 aliphatic heterocycles. The van der Waals surface area contributed by atoms with Gasteiger partial charge < -0.3 is 15.5 Å². The van der Waals surface area contributed by atoms with Gasteiger partial charge in [0.2, 0.25) is 5.91 Å². The third-order valence-corrected chi connectivity index (χ3v) is 6.75. The lowest BCUT2D eigenvalue weighted by Gasteiger charge is -2.37. The maximum absolute atomic E-state index is 11.2. The Morgan fingerprint density at radius 2 is 1.81 bits per heavy atom. The molecular weight excluding hydrogens is 394 g/mol. The summed E-state index contributed by atoms with van der Waals surface area (Å²) in [6, 6.07) is 14.3. The van der Waals surface area contributed by atoms with Crippen molar-refractivity contribution in [3.8, 4) is 0 Å². The van der Waals surface area contributed by atoms with E-state index in [-0.39, 0.29) is 11.9 Å². The Bertz CT molecular complexity index is 947. The molecule has 27 heavy (non-hydrogen) atoms. The van der Waals surface area contributed by atoms with E-state index in [4.69, 9.17) is 12.2 Å². The van der Waals surface area contributed by atoms with Crippen molar-refractivity contribution in [2.75, 3.05) is 17.2 Å². The zero-order chi connectivity index (χ0) is 18.8. The molecule has 0 aliphatic carbocycles. The van der Waals surface area contributed by atoms with Crippen molar-refractivity contribution >= 4 is 57.3 Å². The Kier molecular flexibility index (Phi) is 5.24. The predicted octanol–water partition coefficient (Wildman–Crippen LogP) is 5.11. The highest BCUT2D eigenvalue weighted by atomic mass is 32.1. The summed E-state index contributed by atoms with van der Waals surface area (Å²) in [5.74, 6) is -0.0788. The Balaban J connectivity index is 1.55. The molecule has 1 aromatic carbocycles. The van der Waals surface area contributed by atoms with Gasteiger partial charge in [-0.3, -0.25) is 4.79 Å². The average molecular weight is 414 g/mol. The van der Waals surface area contributed by atoms with Crippen LogP contribution in [-0.4, -0.2) is 22.5 Å². The Morgan fingerprint density at radius 3 is 2.48 bits per heavy atom. The van der Waals surface area contributed by atoms with Crippen molar-refractivity contribution in [2.45, 2.75) is 19.4 Å². The van der Waals surface area contributed by atoms with Gasteiger partial charge in [0.05, 0.1) is 6.04 Å². The molecular formula is C20H19N3OS3. The predicted molar refractivity (Wildman–Crippen MR) is 118 cm³/mol. The molecule has 1 atom stereocenters. The van der Waals surface area contributed by atoms with E-state index in [1.165, 1.54) is 22.2 Å². The van der Waals surface area contributed by atoms with Crippen molar-refractivity contribution in [3.63, 3.8) is 0 Å². The van der Waals surface area contributed by atoms with Gasteiger partial charge in [0.15, 0.2) is 5.11 Å². The van der Waals surface area contributed by atoms with Crippen molar-refractivity contribution in [2.24, 2.45) is 0 Å². The Hall–Kier alpha value is -2.22. The minimum Gasteiger partial charge on any atom is -0.337 e. The van der Waals surface area contributed by atoms with Crippen LogP contribution in [-0.2, 0) is 11.2 Å². The minimum atomic E-state index is -0.0788. The monoisotopic (exact) mass is 413 g/mol. The molecule has 0 fully saturated rings. The fourth-order valence-corrected chi connectivity index (χ4v) is 5.40. The van der Waals surface area contributed by atoms with Crippen LogP contribution in [0.15, 0.2) is 53.2 Å². The van der Waals surface area contributed by atoms with Gasteiger partial charge in [0.25, 0.3) is 0 Å². The van der Waals surface area contributed by atoms with Gasteiger partial charge in [-0.05, 0) is 71.4 Å². The number of carbonyl (C=O) groups excluding carboxylic acids is 1. The van der Waals surface area contributed by atoms with E-state index in [0.717, 1.165) is 29.5 Å². The summed E-state index contributed by atoms with van der Waals surface area (Å²) in [6.45, 7) is 2.40. The quantitative estimate of drug-likeness (QED) is 0.586. The van der Waals surface area contributed by atoms with Crippen LogP contribution >= 0.6 is 34.9 Å². The van der Waals surface area contributed by atoms with Crippen LogP contribution in [0.5, 0.6) is 0 Å². The molecule has 0 saturated carbocycles. The largest absolute Gasteiger partial charge is 0.337 e. The normalized spacial score (nSPS) is 15.9. The number of fused-ring (bicyclic) bond motifs is 1. The van der Waals surface area contributed by atoms with Gasteiger partial charge >= 0.3 is 0 Å². The Labute approximate surface area is 171 Å². The van der Waals surface area contributed by atoms with E-state index in [0.29, 0.717) is 0 Å². The van der Waals surface area contributed by atoms with E-state index in [1.54, 1.807) is 11.3 Å². The molecule has 7 heteroatoms. The Morgan fingerprint density at radius 1 is 1.07 bits per heavy atom. The topological polar surface area (TPSA) is 44.4 Å². The van der Waals surface area contributed by atoms with E-state index in [1.807, 2.05) is 35.6 Å². The molecule has 4 rings (SSSR count). The molecule has 0 saturated heterocycles. The van der Waals surface area contributed by atoms with Gasteiger partial charge in [-0.1, -0.05) is 6.07 Å². The second-order valence-electron chi connectivity index (χ2n) is 6.35.